The topological polar surface area (TPSA) is 70.2 Å². The summed E-state index contributed by atoms with van der Waals surface area (Å²) in [5, 5.41) is 9.38. The van der Waals surface area contributed by atoms with Crippen LogP contribution in [0.25, 0.3) is 0 Å². The summed E-state index contributed by atoms with van der Waals surface area (Å²) in [6.45, 7) is 0.118. The zero-order valence-electron chi connectivity index (χ0n) is 18.1. The summed E-state index contributed by atoms with van der Waals surface area (Å²) in [5.41, 5.74) is 3.20. The number of carbonyl (C=O) groups is 2. The van der Waals surface area contributed by atoms with Crippen molar-refractivity contribution in [1.29, 1.82) is 0 Å². The molecule has 32 heavy (non-hydrogen) atoms. The Labute approximate surface area is 189 Å². The fourth-order valence-corrected chi connectivity index (χ4v) is 4.23. The van der Waals surface area contributed by atoms with Crippen LogP contribution >= 0.6 is 0 Å². The first-order chi connectivity index (χ1) is 15.7. The first kappa shape index (κ1) is 21.8. The standard InChI is InChI=1S/C27H29N3O2/c31-25(19-28-26(20-11-3-1-4-12-20)21-13-5-2-6-14-21)30-24-18-10-9-17-23(24)27(32)29-22-15-7-8-16-22/h1-6,9-14,17-18,22,26,28H,7-8,15-16,19H2,(H,29,32)(H,30,31). The second-order valence-corrected chi connectivity index (χ2v) is 8.18. The quantitative estimate of drug-likeness (QED) is 0.489. The van der Waals surface area contributed by atoms with Gasteiger partial charge in [-0.1, -0.05) is 85.6 Å². The van der Waals surface area contributed by atoms with Gasteiger partial charge >= 0.3 is 0 Å². The summed E-state index contributed by atoms with van der Waals surface area (Å²) in [6, 6.07) is 27.4. The summed E-state index contributed by atoms with van der Waals surface area (Å²) in [7, 11) is 0. The van der Waals surface area contributed by atoms with E-state index in [2.05, 4.69) is 16.0 Å². The lowest BCUT2D eigenvalue weighted by Crippen LogP contribution is -2.34. The number of benzene rings is 3. The third-order valence-electron chi connectivity index (χ3n) is 5.87. The van der Waals surface area contributed by atoms with Crippen LogP contribution in [0.15, 0.2) is 84.9 Å². The lowest BCUT2D eigenvalue weighted by molar-refractivity contribution is -0.115. The predicted molar refractivity (Wildman–Crippen MR) is 128 cm³/mol. The molecule has 0 unspecified atom stereocenters. The largest absolute Gasteiger partial charge is 0.349 e. The molecule has 0 saturated heterocycles. The van der Waals surface area contributed by atoms with E-state index in [0.717, 1.165) is 36.8 Å². The highest BCUT2D eigenvalue weighted by molar-refractivity contribution is 6.04. The lowest BCUT2D eigenvalue weighted by Gasteiger charge is -2.20. The average molecular weight is 428 g/mol. The maximum Gasteiger partial charge on any atom is 0.253 e. The van der Waals surface area contributed by atoms with Gasteiger partial charge in [0.25, 0.3) is 5.91 Å². The van der Waals surface area contributed by atoms with Crippen molar-refractivity contribution in [3.63, 3.8) is 0 Å². The van der Waals surface area contributed by atoms with Crippen LogP contribution < -0.4 is 16.0 Å². The van der Waals surface area contributed by atoms with Gasteiger partial charge in [0.1, 0.15) is 0 Å². The van der Waals surface area contributed by atoms with Crippen LogP contribution in [0.4, 0.5) is 5.69 Å². The number of amides is 2. The molecule has 0 spiro atoms. The molecule has 0 bridgehead atoms. The van der Waals surface area contributed by atoms with Crippen molar-refractivity contribution in [2.45, 2.75) is 37.8 Å². The van der Waals surface area contributed by atoms with Gasteiger partial charge in [-0.2, -0.15) is 0 Å². The molecule has 5 nitrogen and oxygen atoms in total. The Kier molecular flexibility index (Phi) is 7.31. The maximum atomic E-state index is 12.8. The first-order valence-corrected chi connectivity index (χ1v) is 11.2. The van der Waals surface area contributed by atoms with Crippen LogP contribution in [-0.2, 0) is 4.79 Å². The number of rotatable bonds is 8. The third kappa shape index (κ3) is 5.62. The minimum absolute atomic E-state index is 0.107. The molecule has 4 rings (SSSR count). The van der Waals surface area contributed by atoms with Gasteiger partial charge in [-0.05, 0) is 36.1 Å². The van der Waals surface area contributed by atoms with Gasteiger partial charge in [0.15, 0.2) is 0 Å². The molecule has 3 N–H and O–H groups in total. The maximum absolute atomic E-state index is 12.8. The molecule has 5 heteroatoms. The molecule has 2 amide bonds. The summed E-state index contributed by atoms with van der Waals surface area (Å²) < 4.78 is 0. The molecule has 1 saturated carbocycles. The summed E-state index contributed by atoms with van der Waals surface area (Å²) >= 11 is 0. The van der Waals surface area contributed by atoms with Crippen molar-refractivity contribution in [2.75, 3.05) is 11.9 Å². The summed E-state index contributed by atoms with van der Waals surface area (Å²) in [4.78, 5) is 25.6. The normalized spacial score (nSPS) is 13.8. The number of para-hydroxylation sites is 1. The number of anilines is 1. The van der Waals surface area contributed by atoms with Crippen LogP contribution in [0.2, 0.25) is 0 Å². The number of hydrogen-bond acceptors (Lipinski definition) is 3. The molecule has 0 aliphatic heterocycles. The van der Waals surface area contributed by atoms with Crippen molar-refractivity contribution in [1.82, 2.24) is 10.6 Å². The van der Waals surface area contributed by atoms with E-state index in [1.165, 1.54) is 0 Å². The van der Waals surface area contributed by atoms with Gasteiger partial charge in [0.05, 0.1) is 23.8 Å². The molecule has 164 valence electrons. The molecule has 1 fully saturated rings. The van der Waals surface area contributed by atoms with E-state index in [9.17, 15) is 9.59 Å². The number of carbonyl (C=O) groups excluding carboxylic acids is 2. The van der Waals surface area contributed by atoms with E-state index in [4.69, 9.17) is 0 Å². The fraction of sp³-hybridized carbons (Fsp3) is 0.259. The predicted octanol–water partition coefficient (Wildman–Crippen LogP) is 4.68. The Balaban J connectivity index is 1.42. The fourth-order valence-electron chi connectivity index (χ4n) is 4.23. The number of hydrogen-bond donors (Lipinski definition) is 3. The van der Waals surface area contributed by atoms with E-state index in [0.29, 0.717) is 11.3 Å². The summed E-state index contributed by atoms with van der Waals surface area (Å²) in [5.74, 6) is -0.324. The van der Waals surface area contributed by atoms with Gasteiger partial charge < -0.3 is 10.6 Å². The zero-order valence-corrected chi connectivity index (χ0v) is 18.1. The van der Waals surface area contributed by atoms with E-state index in [1.807, 2.05) is 72.8 Å². The highest BCUT2D eigenvalue weighted by Crippen LogP contribution is 2.22. The first-order valence-electron chi connectivity index (χ1n) is 11.2. The highest BCUT2D eigenvalue weighted by atomic mass is 16.2. The van der Waals surface area contributed by atoms with Crippen molar-refractivity contribution in [2.24, 2.45) is 0 Å². The van der Waals surface area contributed by atoms with Gasteiger partial charge in [-0.3, -0.25) is 14.9 Å². The van der Waals surface area contributed by atoms with Crippen LogP contribution in [0.5, 0.6) is 0 Å². The second-order valence-electron chi connectivity index (χ2n) is 8.18. The molecule has 1 aliphatic rings. The van der Waals surface area contributed by atoms with Crippen molar-refractivity contribution < 1.29 is 9.59 Å². The Morgan fingerprint density at radius 2 is 1.34 bits per heavy atom. The molecular weight excluding hydrogens is 398 g/mol. The van der Waals surface area contributed by atoms with Gasteiger partial charge in [0, 0.05) is 6.04 Å². The van der Waals surface area contributed by atoms with Crippen molar-refractivity contribution in [3.05, 3.63) is 102 Å². The minimum atomic E-state index is -0.192. The zero-order chi connectivity index (χ0) is 22.2. The van der Waals surface area contributed by atoms with Gasteiger partial charge in [-0.15, -0.1) is 0 Å². The van der Waals surface area contributed by atoms with Crippen LogP contribution in [-0.4, -0.2) is 24.4 Å². The monoisotopic (exact) mass is 427 g/mol. The lowest BCUT2D eigenvalue weighted by atomic mass is 9.99. The Hall–Kier alpha value is -3.44. The molecule has 0 radical (unpaired) electrons. The highest BCUT2D eigenvalue weighted by Gasteiger charge is 2.20. The van der Waals surface area contributed by atoms with Crippen LogP contribution in [0.3, 0.4) is 0 Å². The van der Waals surface area contributed by atoms with Gasteiger partial charge in [-0.25, -0.2) is 0 Å². The SMILES string of the molecule is O=C(CNC(c1ccccc1)c1ccccc1)Nc1ccccc1C(=O)NC1CCCC1. The van der Waals surface area contributed by atoms with Crippen LogP contribution in [0, 0.1) is 0 Å². The molecule has 0 heterocycles. The third-order valence-corrected chi connectivity index (χ3v) is 5.87. The van der Waals surface area contributed by atoms with E-state index in [-0.39, 0.29) is 30.4 Å². The number of nitrogens with one attached hydrogen (secondary N) is 3. The molecule has 0 aromatic heterocycles. The Morgan fingerprint density at radius 1 is 0.781 bits per heavy atom. The molecule has 3 aromatic carbocycles. The average Bonchev–Trinajstić information content (AvgIpc) is 3.34. The van der Waals surface area contributed by atoms with E-state index >= 15 is 0 Å². The van der Waals surface area contributed by atoms with E-state index in [1.54, 1.807) is 12.1 Å². The molecule has 3 aromatic rings. The smallest absolute Gasteiger partial charge is 0.253 e. The summed E-state index contributed by atoms with van der Waals surface area (Å²) in [6.07, 6.45) is 4.34. The van der Waals surface area contributed by atoms with Crippen molar-refractivity contribution >= 4 is 17.5 Å². The molecular formula is C27H29N3O2. The second kappa shape index (κ2) is 10.7. The van der Waals surface area contributed by atoms with Crippen molar-refractivity contribution in [3.8, 4) is 0 Å². The van der Waals surface area contributed by atoms with Gasteiger partial charge in [0.2, 0.25) is 5.91 Å². The van der Waals surface area contributed by atoms with E-state index < -0.39 is 0 Å². The Morgan fingerprint density at radius 3 is 1.97 bits per heavy atom. The molecule has 0 atom stereocenters. The minimum Gasteiger partial charge on any atom is -0.349 e. The Bertz CT molecular complexity index is 992. The van der Waals surface area contributed by atoms with Crippen LogP contribution in [0.1, 0.15) is 53.2 Å². The molecule has 1 aliphatic carbocycles.